The van der Waals surface area contributed by atoms with Gasteiger partial charge in [-0.1, -0.05) is 50.2 Å². The molecule has 2 amide bonds. The highest BCUT2D eigenvalue weighted by atomic mass is 16.4. The molecule has 0 spiro atoms. The number of carbonyl (C=O) groups is 2. The molecule has 4 rings (SSSR count). The zero-order valence-corrected chi connectivity index (χ0v) is 20.8. The van der Waals surface area contributed by atoms with Gasteiger partial charge in [0.1, 0.15) is 0 Å². The second-order valence-electron chi connectivity index (χ2n) is 9.74. The number of hydrogen-bond donors (Lipinski definition) is 1. The van der Waals surface area contributed by atoms with Crippen molar-refractivity contribution in [3.05, 3.63) is 77.3 Å². The van der Waals surface area contributed by atoms with E-state index in [-0.39, 0.29) is 11.8 Å². The van der Waals surface area contributed by atoms with Crippen molar-refractivity contribution in [1.29, 1.82) is 0 Å². The van der Waals surface area contributed by atoms with Crippen LogP contribution in [0.4, 0.5) is 0 Å². The number of benzene rings is 2. The summed E-state index contributed by atoms with van der Waals surface area (Å²) in [5.74, 6) is 1.93. The average molecular weight is 474 g/mol. The second-order valence-corrected chi connectivity index (χ2v) is 9.74. The molecule has 0 radical (unpaired) electrons. The van der Waals surface area contributed by atoms with E-state index in [2.05, 4.69) is 48.4 Å². The Bertz CT molecular complexity index is 1110. The van der Waals surface area contributed by atoms with Crippen molar-refractivity contribution in [2.75, 3.05) is 13.1 Å². The summed E-state index contributed by atoms with van der Waals surface area (Å²) in [6.45, 7) is 6.53. The van der Waals surface area contributed by atoms with E-state index in [9.17, 15) is 9.59 Å². The molecule has 1 N–H and O–H groups in total. The molecule has 0 unspecified atom stereocenters. The van der Waals surface area contributed by atoms with Gasteiger partial charge in [-0.25, -0.2) is 4.98 Å². The molecule has 0 atom stereocenters. The molecule has 1 fully saturated rings. The molecule has 0 aliphatic carbocycles. The minimum absolute atomic E-state index is 0.0590. The topological polar surface area (TPSA) is 75.4 Å². The van der Waals surface area contributed by atoms with E-state index in [1.165, 1.54) is 12.0 Å². The van der Waals surface area contributed by atoms with Crippen molar-refractivity contribution < 1.29 is 14.0 Å². The predicted molar refractivity (Wildman–Crippen MR) is 137 cm³/mol. The summed E-state index contributed by atoms with van der Waals surface area (Å²) >= 11 is 0. The maximum atomic E-state index is 12.6. The van der Waals surface area contributed by atoms with Crippen LogP contribution in [0.3, 0.4) is 0 Å². The Morgan fingerprint density at radius 1 is 0.971 bits per heavy atom. The van der Waals surface area contributed by atoms with E-state index >= 15 is 0 Å². The molecule has 35 heavy (non-hydrogen) atoms. The largest absolute Gasteiger partial charge is 0.441 e. The molecule has 1 saturated heterocycles. The number of rotatable bonds is 9. The number of nitrogens with one attached hydrogen (secondary N) is 1. The second kappa shape index (κ2) is 11.8. The van der Waals surface area contributed by atoms with Crippen molar-refractivity contribution in [2.24, 2.45) is 5.92 Å². The van der Waals surface area contributed by atoms with E-state index in [1.807, 2.05) is 29.2 Å². The number of aryl methyl sites for hydroxylation is 1. The van der Waals surface area contributed by atoms with E-state index < -0.39 is 0 Å². The lowest BCUT2D eigenvalue weighted by molar-refractivity contribution is -0.121. The number of nitrogens with zero attached hydrogens (tertiary/aromatic N) is 2. The zero-order valence-electron chi connectivity index (χ0n) is 20.8. The molecule has 184 valence electrons. The Hall–Kier alpha value is -3.41. The summed E-state index contributed by atoms with van der Waals surface area (Å²) < 4.78 is 5.86. The minimum Gasteiger partial charge on any atom is -0.441 e. The maximum absolute atomic E-state index is 12.6. The Balaban J connectivity index is 1.22. The Morgan fingerprint density at radius 3 is 2.34 bits per heavy atom. The lowest BCUT2D eigenvalue weighted by atomic mass is 10.0. The van der Waals surface area contributed by atoms with Gasteiger partial charge in [-0.05, 0) is 54.9 Å². The lowest BCUT2D eigenvalue weighted by Gasteiger charge is -2.26. The SMILES string of the molecule is CC(C)Cc1ccc(-c2cnc(CCC(=O)NCc3ccc(C(=O)N4CCCCC4)cc3)o2)cc1. The summed E-state index contributed by atoms with van der Waals surface area (Å²) in [4.78, 5) is 31.2. The lowest BCUT2D eigenvalue weighted by Crippen LogP contribution is -2.35. The summed E-state index contributed by atoms with van der Waals surface area (Å²) in [7, 11) is 0. The van der Waals surface area contributed by atoms with Gasteiger partial charge in [0.25, 0.3) is 5.91 Å². The number of aromatic nitrogens is 1. The number of oxazole rings is 1. The summed E-state index contributed by atoms with van der Waals surface area (Å²) in [5, 5.41) is 2.94. The smallest absolute Gasteiger partial charge is 0.253 e. The first-order valence-electron chi connectivity index (χ1n) is 12.7. The van der Waals surface area contributed by atoms with E-state index in [1.54, 1.807) is 6.20 Å². The fourth-order valence-electron chi connectivity index (χ4n) is 4.39. The monoisotopic (exact) mass is 473 g/mol. The van der Waals surface area contributed by atoms with Gasteiger partial charge in [0.2, 0.25) is 5.91 Å². The van der Waals surface area contributed by atoms with Gasteiger partial charge in [0.15, 0.2) is 11.7 Å². The summed E-state index contributed by atoms with van der Waals surface area (Å²) in [6.07, 6.45) is 6.88. The maximum Gasteiger partial charge on any atom is 0.253 e. The molecular formula is C29H35N3O3. The number of hydrogen-bond acceptors (Lipinski definition) is 4. The standard InChI is InChI=1S/C29H35N3O3/c1-21(2)18-22-6-10-24(11-7-22)26-20-31-28(35-26)15-14-27(33)30-19-23-8-12-25(13-9-23)29(34)32-16-4-3-5-17-32/h6-13,20-21H,3-5,14-19H2,1-2H3,(H,30,33). The van der Waals surface area contributed by atoms with Gasteiger partial charge in [0, 0.05) is 43.6 Å². The molecule has 0 saturated carbocycles. The molecule has 1 aliphatic heterocycles. The highest BCUT2D eigenvalue weighted by Gasteiger charge is 2.18. The van der Waals surface area contributed by atoms with E-state index in [0.29, 0.717) is 36.8 Å². The Morgan fingerprint density at radius 2 is 1.66 bits per heavy atom. The fourth-order valence-corrected chi connectivity index (χ4v) is 4.39. The molecule has 0 bridgehead atoms. The molecule has 6 nitrogen and oxygen atoms in total. The highest BCUT2D eigenvalue weighted by Crippen LogP contribution is 2.22. The number of piperidine rings is 1. The van der Waals surface area contributed by atoms with Crippen LogP contribution in [0.1, 0.15) is 66.9 Å². The third-order valence-corrected chi connectivity index (χ3v) is 6.34. The Kier molecular flexibility index (Phi) is 8.35. The van der Waals surface area contributed by atoms with Crippen LogP contribution in [0, 0.1) is 5.92 Å². The van der Waals surface area contributed by atoms with Crippen LogP contribution in [-0.4, -0.2) is 34.8 Å². The molecular weight excluding hydrogens is 438 g/mol. The third kappa shape index (κ3) is 7.04. The van der Waals surface area contributed by atoms with Crippen LogP contribution in [0.2, 0.25) is 0 Å². The van der Waals surface area contributed by atoms with Crippen LogP contribution < -0.4 is 5.32 Å². The first kappa shape index (κ1) is 24.7. The van der Waals surface area contributed by atoms with Gasteiger partial charge >= 0.3 is 0 Å². The molecule has 2 heterocycles. The normalized spacial score (nSPS) is 13.7. The van der Waals surface area contributed by atoms with Crippen LogP contribution in [0.5, 0.6) is 0 Å². The quantitative estimate of drug-likeness (QED) is 0.451. The van der Waals surface area contributed by atoms with Crippen LogP contribution >= 0.6 is 0 Å². The number of amides is 2. The van der Waals surface area contributed by atoms with Crippen molar-refractivity contribution in [2.45, 2.75) is 58.9 Å². The van der Waals surface area contributed by atoms with Crippen LogP contribution in [0.15, 0.2) is 59.1 Å². The van der Waals surface area contributed by atoms with Crippen LogP contribution in [0.25, 0.3) is 11.3 Å². The van der Waals surface area contributed by atoms with Crippen molar-refractivity contribution in [3.8, 4) is 11.3 Å². The van der Waals surface area contributed by atoms with Gasteiger partial charge in [-0.15, -0.1) is 0 Å². The molecule has 1 aromatic heterocycles. The summed E-state index contributed by atoms with van der Waals surface area (Å²) in [5.41, 5.74) is 3.97. The number of carbonyl (C=O) groups excluding carboxylic acids is 2. The van der Waals surface area contributed by atoms with Crippen LogP contribution in [-0.2, 0) is 24.2 Å². The van der Waals surface area contributed by atoms with Gasteiger partial charge in [0.05, 0.1) is 6.20 Å². The predicted octanol–water partition coefficient (Wildman–Crippen LogP) is 5.42. The number of likely N-dealkylation sites (tertiary alicyclic amines) is 1. The third-order valence-electron chi connectivity index (χ3n) is 6.34. The fraction of sp³-hybridized carbons (Fsp3) is 0.414. The zero-order chi connectivity index (χ0) is 24.6. The van der Waals surface area contributed by atoms with Crippen molar-refractivity contribution >= 4 is 11.8 Å². The first-order chi connectivity index (χ1) is 17.0. The first-order valence-corrected chi connectivity index (χ1v) is 12.7. The van der Waals surface area contributed by atoms with E-state index in [0.717, 1.165) is 49.2 Å². The molecule has 2 aromatic carbocycles. The van der Waals surface area contributed by atoms with Gasteiger partial charge < -0.3 is 14.6 Å². The van der Waals surface area contributed by atoms with Gasteiger partial charge in [-0.2, -0.15) is 0 Å². The highest BCUT2D eigenvalue weighted by molar-refractivity contribution is 5.94. The van der Waals surface area contributed by atoms with Crippen molar-refractivity contribution in [1.82, 2.24) is 15.2 Å². The van der Waals surface area contributed by atoms with Gasteiger partial charge in [-0.3, -0.25) is 9.59 Å². The molecule has 6 heteroatoms. The molecule has 1 aliphatic rings. The van der Waals surface area contributed by atoms with E-state index in [4.69, 9.17) is 4.42 Å². The summed E-state index contributed by atoms with van der Waals surface area (Å²) in [6, 6.07) is 15.9. The Labute approximate surface area is 207 Å². The minimum atomic E-state index is -0.0590. The average Bonchev–Trinajstić information content (AvgIpc) is 3.36. The van der Waals surface area contributed by atoms with Crippen molar-refractivity contribution in [3.63, 3.8) is 0 Å². The molecule has 3 aromatic rings.